The second-order valence-electron chi connectivity index (χ2n) is 4.33. The zero-order valence-electron chi connectivity index (χ0n) is 9.64. The lowest BCUT2D eigenvalue weighted by Crippen LogP contribution is -2.63. The Kier molecular flexibility index (Phi) is 3.97. The molecule has 0 bridgehead atoms. The molecule has 14 heavy (non-hydrogen) atoms. The largest absolute Gasteiger partial charge is 0.308 e. The summed E-state index contributed by atoms with van der Waals surface area (Å²) in [6.07, 6.45) is 7.74. The van der Waals surface area contributed by atoms with E-state index in [9.17, 15) is 0 Å². The SMILES string of the molecule is C#CCN1CC(CC)(CC)NCC1C. The molecule has 2 heteroatoms. The van der Waals surface area contributed by atoms with Crippen LogP contribution in [0.15, 0.2) is 0 Å². The maximum absolute atomic E-state index is 5.38. The molecule has 0 radical (unpaired) electrons. The predicted molar refractivity (Wildman–Crippen MR) is 61.2 cm³/mol. The topological polar surface area (TPSA) is 15.3 Å². The summed E-state index contributed by atoms with van der Waals surface area (Å²) in [5.74, 6) is 2.75. The molecule has 1 saturated heterocycles. The van der Waals surface area contributed by atoms with Crippen molar-refractivity contribution in [2.45, 2.75) is 45.2 Å². The fourth-order valence-electron chi connectivity index (χ4n) is 2.15. The van der Waals surface area contributed by atoms with E-state index in [4.69, 9.17) is 6.42 Å². The minimum Gasteiger partial charge on any atom is -0.308 e. The second kappa shape index (κ2) is 4.82. The number of hydrogen-bond acceptors (Lipinski definition) is 2. The molecule has 0 saturated carbocycles. The Labute approximate surface area is 88.1 Å². The summed E-state index contributed by atoms with van der Waals surface area (Å²) in [7, 11) is 0. The van der Waals surface area contributed by atoms with E-state index in [1.54, 1.807) is 0 Å². The molecule has 1 fully saturated rings. The molecule has 0 aromatic carbocycles. The van der Waals surface area contributed by atoms with Gasteiger partial charge in [-0.15, -0.1) is 6.42 Å². The molecule has 1 rings (SSSR count). The Morgan fingerprint density at radius 2 is 2.14 bits per heavy atom. The zero-order chi connectivity index (χ0) is 10.6. The quantitative estimate of drug-likeness (QED) is 0.685. The van der Waals surface area contributed by atoms with Crippen LogP contribution in [0.3, 0.4) is 0 Å². The third kappa shape index (κ3) is 2.29. The Morgan fingerprint density at radius 1 is 1.50 bits per heavy atom. The molecule has 0 aromatic rings. The molecule has 2 nitrogen and oxygen atoms in total. The van der Waals surface area contributed by atoms with Crippen LogP contribution in [0.1, 0.15) is 33.6 Å². The van der Waals surface area contributed by atoms with Gasteiger partial charge in [-0.1, -0.05) is 19.8 Å². The number of nitrogens with one attached hydrogen (secondary N) is 1. The summed E-state index contributed by atoms with van der Waals surface area (Å²) >= 11 is 0. The van der Waals surface area contributed by atoms with Crippen LogP contribution >= 0.6 is 0 Å². The summed E-state index contributed by atoms with van der Waals surface area (Å²) in [5, 5.41) is 3.66. The molecule has 0 spiro atoms. The summed E-state index contributed by atoms with van der Waals surface area (Å²) in [4.78, 5) is 2.41. The molecular formula is C12H22N2. The molecule has 1 aliphatic heterocycles. The maximum atomic E-state index is 5.38. The molecule has 80 valence electrons. The highest BCUT2D eigenvalue weighted by Gasteiger charge is 2.34. The first-order chi connectivity index (χ1) is 6.67. The van der Waals surface area contributed by atoms with Gasteiger partial charge >= 0.3 is 0 Å². The first-order valence-electron chi connectivity index (χ1n) is 5.60. The lowest BCUT2D eigenvalue weighted by Gasteiger charge is -2.46. The van der Waals surface area contributed by atoms with E-state index in [0.717, 1.165) is 19.6 Å². The van der Waals surface area contributed by atoms with Gasteiger partial charge in [0.15, 0.2) is 0 Å². The third-order valence-electron chi connectivity index (χ3n) is 3.55. The summed E-state index contributed by atoms with van der Waals surface area (Å²) in [5.41, 5.74) is 0.295. The third-order valence-corrected chi connectivity index (χ3v) is 3.55. The number of piperazine rings is 1. The van der Waals surface area contributed by atoms with Gasteiger partial charge in [0.2, 0.25) is 0 Å². The van der Waals surface area contributed by atoms with Crippen LogP contribution in [0.2, 0.25) is 0 Å². The molecule has 0 aromatic heterocycles. The minimum atomic E-state index is 0.295. The van der Waals surface area contributed by atoms with Crippen LogP contribution < -0.4 is 5.32 Å². The van der Waals surface area contributed by atoms with E-state index in [1.165, 1.54) is 12.8 Å². The summed E-state index contributed by atoms with van der Waals surface area (Å²) in [6.45, 7) is 9.67. The molecular weight excluding hydrogens is 172 g/mol. The number of terminal acetylenes is 1. The highest BCUT2D eigenvalue weighted by atomic mass is 15.2. The van der Waals surface area contributed by atoms with E-state index < -0.39 is 0 Å². The van der Waals surface area contributed by atoms with Gasteiger partial charge < -0.3 is 5.32 Å². The van der Waals surface area contributed by atoms with Crippen LogP contribution in [-0.4, -0.2) is 36.1 Å². The van der Waals surface area contributed by atoms with Crippen LogP contribution in [0.4, 0.5) is 0 Å². The van der Waals surface area contributed by atoms with Crippen molar-refractivity contribution < 1.29 is 0 Å². The first-order valence-corrected chi connectivity index (χ1v) is 5.60. The molecule has 1 N–H and O–H groups in total. The molecule has 1 aliphatic rings. The number of hydrogen-bond donors (Lipinski definition) is 1. The van der Waals surface area contributed by atoms with E-state index in [1.807, 2.05) is 0 Å². The number of rotatable bonds is 3. The van der Waals surface area contributed by atoms with Gasteiger partial charge in [0.1, 0.15) is 0 Å². The van der Waals surface area contributed by atoms with Crippen molar-refractivity contribution >= 4 is 0 Å². The van der Waals surface area contributed by atoms with Gasteiger partial charge in [0.05, 0.1) is 6.54 Å². The van der Waals surface area contributed by atoms with Crippen LogP contribution in [0, 0.1) is 12.3 Å². The van der Waals surface area contributed by atoms with Crippen molar-refractivity contribution in [2.75, 3.05) is 19.6 Å². The van der Waals surface area contributed by atoms with Crippen molar-refractivity contribution in [3.05, 3.63) is 0 Å². The first kappa shape index (κ1) is 11.6. The lowest BCUT2D eigenvalue weighted by molar-refractivity contribution is 0.0932. The van der Waals surface area contributed by atoms with Crippen molar-refractivity contribution in [3.8, 4) is 12.3 Å². The van der Waals surface area contributed by atoms with Gasteiger partial charge in [-0.3, -0.25) is 4.90 Å². The van der Waals surface area contributed by atoms with Gasteiger partial charge in [0.25, 0.3) is 0 Å². The fraction of sp³-hybridized carbons (Fsp3) is 0.833. The smallest absolute Gasteiger partial charge is 0.0602 e. The van der Waals surface area contributed by atoms with E-state index in [2.05, 4.69) is 36.9 Å². The normalized spacial score (nSPS) is 27.1. The van der Waals surface area contributed by atoms with Crippen molar-refractivity contribution in [1.29, 1.82) is 0 Å². The Balaban J connectivity index is 2.65. The van der Waals surface area contributed by atoms with Crippen molar-refractivity contribution in [1.82, 2.24) is 10.2 Å². The Morgan fingerprint density at radius 3 is 2.64 bits per heavy atom. The van der Waals surface area contributed by atoms with E-state index in [0.29, 0.717) is 11.6 Å². The van der Waals surface area contributed by atoms with Crippen molar-refractivity contribution in [3.63, 3.8) is 0 Å². The van der Waals surface area contributed by atoms with Gasteiger partial charge in [0, 0.05) is 24.7 Å². The summed E-state index contributed by atoms with van der Waals surface area (Å²) in [6, 6.07) is 0.567. The fourth-order valence-corrected chi connectivity index (χ4v) is 2.15. The van der Waals surface area contributed by atoms with Crippen molar-refractivity contribution in [2.24, 2.45) is 0 Å². The predicted octanol–water partition coefficient (Wildman–Crippen LogP) is 1.47. The van der Waals surface area contributed by atoms with E-state index >= 15 is 0 Å². The molecule has 1 heterocycles. The standard InChI is InChI=1S/C12H22N2/c1-5-8-14-10-12(6-2,7-3)13-9-11(14)4/h1,11,13H,6-10H2,2-4H3. The monoisotopic (exact) mass is 194 g/mol. The van der Waals surface area contributed by atoms with E-state index in [-0.39, 0.29) is 0 Å². The highest BCUT2D eigenvalue weighted by molar-refractivity contribution is 4.99. The lowest BCUT2D eigenvalue weighted by atomic mass is 9.89. The molecule has 1 unspecified atom stereocenters. The van der Waals surface area contributed by atoms with Crippen LogP contribution in [0.25, 0.3) is 0 Å². The van der Waals surface area contributed by atoms with Gasteiger partial charge in [-0.25, -0.2) is 0 Å². The number of nitrogens with zero attached hydrogens (tertiary/aromatic N) is 1. The molecule has 0 amide bonds. The molecule has 0 aliphatic carbocycles. The maximum Gasteiger partial charge on any atom is 0.0602 e. The second-order valence-corrected chi connectivity index (χ2v) is 4.33. The minimum absolute atomic E-state index is 0.295. The zero-order valence-corrected chi connectivity index (χ0v) is 9.64. The van der Waals surface area contributed by atoms with Crippen LogP contribution in [0.5, 0.6) is 0 Å². The van der Waals surface area contributed by atoms with Crippen LogP contribution in [-0.2, 0) is 0 Å². The van der Waals surface area contributed by atoms with Gasteiger partial charge in [-0.2, -0.15) is 0 Å². The Hall–Kier alpha value is -0.520. The molecule has 1 atom stereocenters. The van der Waals surface area contributed by atoms with Gasteiger partial charge in [-0.05, 0) is 19.8 Å². The average Bonchev–Trinajstić information content (AvgIpc) is 2.22. The summed E-state index contributed by atoms with van der Waals surface area (Å²) < 4.78 is 0. The highest BCUT2D eigenvalue weighted by Crippen LogP contribution is 2.21. The average molecular weight is 194 g/mol. The Bertz CT molecular complexity index is 213.